The fourth-order valence-electron chi connectivity index (χ4n) is 1.92. The molecule has 0 fully saturated rings. The smallest absolute Gasteiger partial charge is 0.218 e. The van der Waals surface area contributed by atoms with Crippen molar-refractivity contribution >= 4 is 5.82 Å². The second kappa shape index (κ2) is 5.12. The molecule has 0 amide bonds. The first kappa shape index (κ1) is 12.9. The molecule has 3 rings (SSSR count). The molecular formula is C14H10N4O3. The van der Waals surface area contributed by atoms with Crippen LogP contribution in [0.5, 0.6) is 5.75 Å². The van der Waals surface area contributed by atoms with Gasteiger partial charge in [-0.2, -0.15) is 0 Å². The molecule has 7 nitrogen and oxygen atoms in total. The van der Waals surface area contributed by atoms with E-state index in [1.807, 2.05) is 6.92 Å². The van der Waals surface area contributed by atoms with E-state index in [9.17, 15) is 10.0 Å². The summed E-state index contributed by atoms with van der Waals surface area (Å²) < 4.78 is 5.14. The van der Waals surface area contributed by atoms with Crippen molar-refractivity contribution in [3.63, 3.8) is 0 Å². The van der Waals surface area contributed by atoms with E-state index in [0.29, 0.717) is 22.6 Å². The van der Waals surface area contributed by atoms with Crippen LogP contribution in [0.25, 0.3) is 22.6 Å². The van der Waals surface area contributed by atoms with Gasteiger partial charge in [-0.1, -0.05) is 11.2 Å². The number of aromatic hydroxyl groups is 1. The van der Waals surface area contributed by atoms with Crippen LogP contribution < -0.4 is 0 Å². The minimum Gasteiger partial charge on any atom is -0.507 e. The maximum Gasteiger partial charge on any atom is 0.218 e. The topological polar surface area (TPSA) is 101 Å². The number of aromatic nitrogens is 3. The van der Waals surface area contributed by atoms with Crippen LogP contribution in [0, 0.1) is 11.8 Å². The molecular weight excluding hydrogens is 272 g/mol. The fraction of sp³-hybridized carbons (Fsp3) is 0.0714. The summed E-state index contributed by atoms with van der Waals surface area (Å²) >= 11 is 0. The number of nitrogens with zero attached hydrogens (tertiary/aromatic N) is 4. The summed E-state index contributed by atoms with van der Waals surface area (Å²) in [6.45, 7) is 1.82. The Balaban J connectivity index is 1.99. The van der Waals surface area contributed by atoms with Crippen molar-refractivity contribution in [3.05, 3.63) is 47.0 Å². The summed E-state index contributed by atoms with van der Waals surface area (Å²) in [7, 11) is 0. The average Bonchev–Trinajstić information content (AvgIpc) is 2.94. The minimum atomic E-state index is -0.00741. The maximum absolute atomic E-state index is 10.3. The summed E-state index contributed by atoms with van der Waals surface area (Å²) in [5.74, 6) is 0.593. The van der Waals surface area contributed by atoms with Crippen molar-refractivity contribution in [1.29, 1.82) is 0 Å². The van der Waals surface area contributed by atoms with Crippen molar-refractivity contribution in [2.75, 3.05) is 0 Å². The van der Waals surface area contributed by atoms with Crippen LogP contribution in [-0.2, 0) is 0 Å². The van der Waals surface area contributed by atoms with Crippen LogP contribution in [-0.4, -0.2) is 20.5 Å². The van der Waals surface area contributed by atoms with E-state index in [0.717, 1.165) is 5.69 Å². The molecule has 0 atom stereocenters. The minimum absolute atomic E-state index is 0.00741. The van der Waals surface area contributed by atoms with Crippen LogP contribution in [0.1, 0.15) is 5.69 Å². The zero-order valence-electron chi connectivity index (χ0n) is 11.0. The molecule has 0 unspecified atom stereocenters. The number of hydrogen-bond donors (Lipinski definition) is 1. The summed E-state index contributed by atoms with van der Waals surface area (Å²) in [5, 5.41) is 24.1. The van der Waals surface area contributed by atoms with Gasteiger partial charge in [0.25, 0.3) is 0 Å². The van der Waals surface area contributed by atoms with Gasteiger partial charge >= 0.3 is 0 Å². The van der Waals surface area contributed by atoms with Gasteiger partial charge in [0, 0.05) is 17.2 Å². The molecule has 21 heavy (non-hydrogen) atoms. The number of phenols is 1. The third kappa shape index (κ3) is 2.48. The first-order chi connectivity index (χ1) is 10.2. The highest BCUT2D eigenvalue weighted by Gasteiger charge is 2.11. The van der Waals surface area contributed by atoms with Crippen LogP contribution in [0.3, 0.4) is 0 Å². The zero-order chi connectivity index (χ0) is 14.8. The Morgan fingerprint density at radius 3 is 2.57 bits per heavy atom. The highest BCUT2D eigenvalue weighted by atomic mass is 16.5. The molecule has 2 aromatic heterocycles. The third-order valence-electron chi connectivity index (χ3n) is 2.93. The summed E-state index contributed by atoms with van der Waals surface area (Å²) in [6.07, 6.45) is 0. The van der Waals surface area contributed by atoms with Crippen molar-refractivity contribution in [3.8, 4) is 28.3 Å². The highest BCUT2D eigenvalue weighted by Crippen LogP contribution is 2.32. The Labute approximate surface area is 119 Å². The molecule has 2 heterocycles. The number of aryl methyl sites for hydroxylation is 1. The maximum atomic E-state index is 10.3. The molecule has 0 bridgehead atoms. The lowest BCUT2D eigenvalue weighted by Crippen LogP contribution is -1.88. The van der Waals surface area contributed by atoms with Crippen LogP contribution in [0.15, 0.2) is 46.1 Å². The second-order valence-electron chi connectivity index (χ2n) is 4.43. The van der Waals surface area contributed by atoms with Gasteiger partial charge < -0.3 is 9.63 Å². The first-order valence-corrected chi connectivity index (χ1v) is 6.11. The average molecular weight is 282 g/mol. The van der Waals surface area contributed by atoms with Gasteiger partial charge in [0.1, 0.15) is 5.75 Å². The zero-order valence-corrected chi connectivity index (χ0v) is 11.0. The molecule has 0 aliphatic rings. The lowest BCUT2D eigenvalue weighted by Gasteiger charge is -2.04. The van der Waals surface area contributed by atoms with Gasteiger partial charge in [-0.25, -0.2) is 0 Å². The monoisotopic (exact) mass is 282 g/mol. The number of rotatable bonds is 3. The number of nitroso groups, excluding NO2 is 1. The van der Waals surface area contributed by atoms with E-state index in [1.165, 1.54) is 6.07 Å². The van der Waals surface area contributed by atoms with Gasteiger partial charge in [-0.05, 0) is 36.4 Å². The molecule has 0 radical (unpaired) electrons. The molecule has 1 N–H and O–H groups in total. The first-order valence-electron chi connectivity index (χ1n) is 6.11. The largest absolute Gasteiger partial charge is 0.507 e. The third-order valence-corrected chi connectivity index (χ3v) is 2.93. The lowest BCUT2D eigenvalue weighted by molar-refractivity contribution is 0.426. The van der Waals surface area contributed by atoms with E-state index in [4.69, 9.17) is 4.52 Å². The standard InChI is InChI=1S/C14H10N4O3/c1-8-6-13(21-18-8)9-2-3-10(12(19)7-9)11-4-5-14(17-20)16-15-11/h2-7,19H,1H3. The normalized spacial score (nSPS) is 10.5. The predicted molar refractivity (Wildman–Crippen MR) is 74.8 cm³/mol. The molecule has 0 saturated heterocycles. The Hall–Kier alpha value is -3.09. The van der Waals surface area contributed by atoms with Crippen molar-refractivity contribution < 1.29 is 9.63 Å². The SMILES string of the molecule is Cc1cc(-c2ccc(-c3ccc(N=O)nn3)c(O)c2)on1. The van der Waals surface area contributed by atoms with Crippen molar-refractivity contribution in [1.82, 2.24) is 15.4 Å². The lowest BCUT2D eigenvalue weighted by atomic mass is 10.1. The molecule has 104 valence electrons. The van der Waals surface area contributed by atoms with Crippen LogP contribution in [0.4, 0.5) is 5.82 Å². The summed E-state index contributed by atoms with van der Waals surface area (Å²) in [4.78, 5) is 10.3. The quantitative estimate of drug-likeness (QED) is 0.740. The molecule has 0 aliphatic carbocycles. The van der Waals surface area contributed by atoms with E-state index in [-0.39, 0.29) is 11.6 Å². The fourth-order valence-corrected chi connectivity index (χ4v) is 1.92. The molecule has 0 saturated carbocycles. The molecule has 1 aromatic carbocycles. The van der Waals surface area contributed by atoms with Gasteiger partial charge in [0.2, 0.25) is 5.82 Å². The molecule has 7 heteroatoms. The Morgan fingerprint density at radius 1 is 1.14 bits per heavy atom. The van der Waals surface area contributed by atoms with E-state index < -0.39 is 0 Å². The number of hydrogen-bond acceptors (Lipinski definition) is 7. The van der Waals surface area contributed by atoms with Gasteiger partial charge in [-0.15, -0.1) is 15.1 Å². The van der Waals surface area contributed by atoms with Crippen LogP contribution in [0.2, 0.25) is 0 Å². The number of phenolic OH excluding ortho intramolecular Hbond substituents is 1. The molecule has 3 aromatic rings. The Morgan fingerprint density at radius 2 is 2.00 bits per heavy atom. The highest BCUT2D eigenvalue weighted by molar-refractivity contribution is 5.72. The van der Waals surface area contributed by atoms with Gasteiger partial charge in [-0.3, -0.25) is 0 Å². The van der Waals surface area contributed by atoms with Crippen molar-refractivity contribution in [2.45, 2.75) is 6.92 Å². The van der Waals surface area contributed by atoms with E-state index >= 15 is 0 Å². The summed E-state index contributed by atoms with van der Waals surface area (Å²) in [5.41, 5.74) is 2.41. The molecule has 0 aliphatic heterocycles. The van der Waals surface area contributed by atoms with Crippen molar-refractivity contribution in [2.24, 2.45) is 5.18 Å². The van der Waals surface area contributed by atoms with Gasteiger partial charge in [0.15, 0.2) is 5.76 Å². The number of benzene rings is 1. The molecule has 0 spiro atoms. The summed E-state index contributed by atoms with van der Waals surface area (Å²) in [6, 6.07) is 9.81. The van der Waals surface area contributed by atoms with E-state index in [2.05, 4.69) is 20.5 Å². The van der Waals surface area contributed by atoms with Gasteiger partial charge in [0.05, 0.1) is 11.4 Å². The van der Waals surface area contributed by atoms with E-state index in [1.54, 1.807) is 30.3 Å². The van der Waals surface area contributed by atoms with Crippen LogP contribution >= 0.6 is 0 Å². The Kier molecular flexibility index (Phi) is 3.15. The Bertz CT molecular complexity index is 796. The second-order valence-corrected chi connectivity index (χ2v) is 4.43. The predicted octanol–water partition coefficient (Wildman–Crippen LogP) is 3.21.